The highest BCUT2D eigenvalue weighted by Gasteiger charge is 2.31. The molecule has 0 saturated heterocycles. The summed E-state index contributed by atoms with van der Waals surface area (Å²) in [5.41, 5.74) is 0.281. The lowest BCUT2D eigenvalue weighted by Crippen LogP contribution is -2.04. The van der Waals surface area contributed by atoms with E-state index in [0.29, 0.717) is 16.9 Å². The number of nitrogens with one attached hydrogen (secondary N) is 1. The first-order valence-electron chi connectivity index (χ1n) is 5.73. The highest BCUT2D eigenvalue weighted by molar-refractivity contribution is 9.10. The first kappa shape index (κ1) is 14.0. The van der Waals surface area contributed by atoms with Crippen molar-refractivity contribution in [3.05, 3.63) is 46.4 Å². The lowest BCUT2D eigenvalue weighted by Gasteiger charge is -2.06. The van der Waals surface area contributed by atoms with Gasteiger partial charge in [0.2, 0.25) is 5.95 Å². The lowest BCUT2D eigenvalue weighted by atomic mass is 10.2. The van der Waals surface area contributed by atoms with E-state index >= 15 is 0 Å². The molecule has 0 spiro atoms. The zero-order valence-corrected chi connectivity index (χ0v) is 11.8. The maximum atomic E-state index is 12.8. The number of hydrogen-bond acceptors (Lipinski definition) is 2. The third-order valence-electron chi connectivity index (χ3n) is 2.87. The summed E-state index contributed by atoms with van der Waals surface area (Å²) in [6.07, 6.45) is -3.20. The number of halogens is 5. The fourth-order valence-corrected chi connectivity index (χ4v) is 2.44. The van der Waals surface area contributed by atoms with E-state index in [1.807, 2.05) is 0 Å². The van der Waals surface area contributed by atoms with Crippen molar-refractivity contribution in [2.75, 3.05) is 0 Å². The Kier molecular flexibility index (Phi) is 3.20. The minimum atomic E-state index is -4.45. The average molecular weight is 360 g/mol. The van der Waals surface area contributed by atoms with Gasteiger partial charge in [0, 0.05) is 16.2 Å². The van der Waals surface area contributed by atoms with E-state index in [9.17, 15) is 17.6 Å². The van der Waals surface area contributed by atoms with Crippen molar-refractivity contribution < 1.29 is 17.6 Å². The molecule has 0 aliphatic rings. The fourth-order valence-electron chi connectivity index (χ4n) is 1.89. The predicted octanol–water partition coefficient (Wildman–Crippen LogP) is 4.55. The van der Waals surface area contributed by atoms with Crippen LogP contribution in [0.2, 0.25) is 0 Å². The van der Waals surface area contributed by atoms with Gasteiger partial charge in [-0.2, -0.15) is 17.6 Å². The van der Waals surface area contributed by atoms with Crippen LogP contribution in [-0.4, -0.2) is 15.0 Å². The largest absolute Gasteiger partial charge is 0.416 e. The summed E-state index contributed by atoms with van der Waals surface area (Å²) < 4.78 is 51.3. The lowest BCUT2D eigenvalue weighted by molar-refractivity contribution is -0.137. The molecule has 21 heavy (non-hydrogen) atoms. The number of hydrogen-bond donors (Lipinski definition) is 1. The van der Waals surface area contributed by atoms with Crippen molar-refractivity contribution in [2.24, 2.45) is 0 Å². The Labute approximate surface area is 124 Å². The number of H-pyrrole nitrogens is 1. The van der Waals surface area contributed by atoms with Crippen molar-refractivity contribution in [1.29, 1.82) is 0 Å². The number of aromatic amines is 1. The zero-order valence-electron chi connectivity index (χ0n) is 10.2. The van der Waals surface area contributed by atoms with Gasteiger partial charge in [-0.1, -0.05) is 0 Å². The molecular formula is C13H6BrF4N3. The molecule has 0 aliphatic carbocycles. The van der Waals surface area contributed by atoms with E-state index in [1.165, 1.54) is 12.3 Å². The van der Waals surface area contributed by atoms with Gasteiger partial charge in [-0.3, -0.25) is 0 Å². The molecule has 0 aliphatic heterocycles. The molecule has 1 aromatic carbocycles. The number of alkyl halides is 3. The van der Waals surface area contributed by atoms with Crippen LogP contribution < -0.4 is 0 Å². The average Bonchev–Trinajstić information content (AvgIpc) is 2.83. The molecule has 3 nitrogen and oxygen atoms in total. The molecule has 3 aromatic rings. The number of benzene rings is 1. The van der Waals surface area contributed by atoms with Gasteiger partial charge >= 0.3 is 6.18 Å². The smallest absolute Gasteiger partial charge is 0.337 e. The van der Waals surface area contributed by atoms with Crippen LogP contribution in [0.15, 0.2) is 34.9 Å². The molecule has 3 rings (SSSR count). The van der Waals surface area contributed by atoms with Gasteiger partial charge in [-0.05, 0) is 40.2 Å². The van der Waals surface area contributed by atoms with Crippen molar-refractivity contribution >= 4 is 27.0 Å². The van der Waals surface area contributed by atoms with Crippen LogP contribution in [0, 0.1) is 5.95 Å². The summed E-state index contributed by atoms with van der Waals surface area (Å²) in [6.45, 7) is 0. The van der Waals surface area contributed by atoms with Gasteiger partial charge in [0.1, 0.15) is 5.82 Å². The molecule has 0 amide bonds. The summed E-state index contributed by atoms with van der Waals surface area (Å²) in [7, 11) is 0. The number of pyridine rings is 1. The molecule has 0 fully saturated rings. The van der Waals surface area contributed by atoms with Crippen molar-refractivity contribution in [3.63, 3.8) is 0 Å². The summed E-state index contributed by atoms with van der Waals surface area (Å²) >= 11 is 3.09. The topological polar surface area (TPSA) is 41.6 Å². The SMILES string of the molecule is Fc1ccc(-c2nc3cc(C(F)(F)F)cc(Br)c3[nH]2)cn1. The second kappa shape index (κ2) is 4.80. The van der Waals surface area contributed by atoms with E-state index in [-0.39, 0.29) is 9.99 Å². The summed E-state index contributed by atoms with van der Waals surface area (Å²) in [4.78, 5) is 10.5. The van der Waals surface area contributed by atoms with Gasteiger partial charge in [-0.15, -0.1) is 0 Å². The monoisotopic (exact) mass is 359 g/mol. The molecule has 1 N–H and O–H groups in total. The Hall–Kier alpha value is -1.96. The van der Waals surface area contributed by atoms with E-state index in [1.54, 1.807) is 0 Å². The molecule has 108 valence electrons. The van der Waals surface area contributed by atoms with E-state index in [4.69, 9.17) is 0 Å². The van der Waals surface area contributed by atoms with E-state index in [0.717, 1.165) is 18.2 Å². The molecule has 0 radical (unpaired) electrons. The van der Waals surface area contributed by atoms with Gasteiger partial charge in [-0.25, -0.2) is 9.97 Å². The Morgan fingerprint density at radius 2 is 1.90 bits per heavy atom. The van der Waals surface area contributed by atoms with Crippen LogP contribution in [-0.2, 0) is 6.18 Å². The molecule has 0 saturated carbocycles. The van der Waals surface area contributed by atoms with E-state index < -0.39 is 17.7 Å². The summed E-state index contributed by atoms with van der Waals surface area (Å²) in [5.74, 6) is -0.326. The Balaban J connectivity index is 2.16. The maximum Gasteiger partial charge on any atom is 0.416 e. The zero-order chi connectivity index (χ0) is 15.2. The molecular weight excluding hydrogens is 354 g/mol. The summed E-state index contributed by atoms with van der Waals surface area (Å²) in [5, 5.41) is 0. The molecule has 0 unspecified atom stereocenters. The minimum Gasteiger partial charge on any atom is -0.337 e. The third-order valence-corrected chi connectivity index (χ3v) is 3.50. The van der Waals surface area contributed by atoms with Crippen LogP contribution in [0.25, 0.3) is 22.4 Å². The Morgan fingerprint density at radius 3 is 2.52 bits per heavy atom. The Morgan fingerprint density at radius 1 is 1.14 bits per heavy atom. The van der Waals surface area contributed by atoms with Crippen molar-refractivity contribution in [1.82, 2.24) is 15.0 Å². The summed E-state index contributed by atoms with van der Waals surface area (Å²) in [6, 6.07) is 4.53. The maximum absolute atomic E-state index is 12.8. The third kappa shape index (κ3) is 2.63. The standard InChI is InChI=1S/C13H6BrF4N3/c14-8-3-7(13(16,17)18)4-9-11(8)21-12(20-9)6-1-2-10(15)19-5-6/h1-5H,(H,20,21). The second-order valence-electron chi connectivity index (χ2n) is 4.30. The first-order chi connectivity index (χ1) is 9.84. The van der Waals surface area contributed by atoms with E-state index in [2.05, 4.69) is 30.9 Å². The quantitative estimate of drug-likeness (QED) is 0.511. The molecule has 0 atom stereocenters. The molecule has 8 heteroatoms. The van der Waals surface area contributed by atoms with Crippen molar-refractivity contribution in [2.45, 2.75) is 6.18 Å². The second-order valence-corrected chi connectivity index (χ2v) is 5.16. The van der Waals surface area contributed by atoms with Crippen LogP contribution in [0.1, 0.15) is 5.56 Å². The van der Waals surface area contributed by atoms with Gasteiger partial charge in [0.15, 0.2) is 0 Å². The van der Waals surface area contributed by atoms with Gasteiger partial charge in [0.05, 0.1) is 16.6 Å². The van der Waals surface area contributed by atoms with Gasteiger partial charge < -0.3 is 4.98 Å². The fraction of sp³-hybridized carbons (Fsp3) is 0.0769. The highest BCUT2D eigenvalue weighted by Crippen LogP contribution is 2.35. The number of nitrogens with zero attached hydrogens (tertiary/aromatic N) is 2. The first-order valence-corrected chi connectivity index (χ1v) is 6.52. The Bertz CT molecular complexity index is 809. The minimum absolute atomic E-state index is 0.163. The number of imidazole rings is 1. The highest BCUT2D eigenvalue weighted by atomic mass is 79.9. The predicted molar refractivity (Wildman–Crippen MR) is 72.0 cm³/mol. The van der Waals surface area contributed by atoms with Crippen LogP contribution >= 0.6 is 15.9 Å². The number of aromatic nitrogens is 3. The number of rotatable bonds is 1. The number of fused-ring (bicyclic) bond motifs is 1. The van der Waals surface area contributed by atoms with Crippen LogP contribution in [0.5, 0.6) is 0 Å². The van der Waals surface area contributed by atoms with Crippen molar-refractivity contribution in [3.8, 4) is 11.4 Å². The molecule has 0 bridgehead atoms. The normalized spacial score (nSPS) is 12.0. The van der Waals surface area contributed by atoms with Crippen LogP contribution in [0.3, 0.4) is 0 Å². The molecule has 2 aromatic heterocycles. The van der Waals surface area contributed by atoms with Gasteiger partial charge in [0.25, 0.3) is 0 Å². The molecule has 2 heterocycles. The van der Waals surface area contributed by atoms with Crippen LogP contribution in [0.4, 0.5) is 17.6 Å².